The highest BCUT2D eigenvalue weighted by molar-refractivity contribution is 7.27. The third kappa shape index (κ3) is 5.25. The fraction of sp³-hybridized carbons (Fsp3) is 0. The van der Waals surface area contributed by atoms with Crippen molar-refractivity contribution < 1.29 is 0 Å². The molecule has 1 aliphatic heterocycles. The van der Waals surface area contributed by atoms with Crippen LogP contribution in [0.3, 0.4) is 0 Å². The molecule has 0 spiro atoms. The van der Waals surface area contributed by atoms with Crippen LogP contribution in [0.25, 0.3) is 39.0 Å². The second-order valence-electron chi connectivity index (χ2n) is 8.59. The second-order valence-corrected chi connectivity index (χ2v) is 15.0. The predicted molar refractivity (Wildman–Crippen MR) is 179 cm³/mol. The second kappa shape index (κ2) is 11.4. The molecule has 0 amide bonds. The van der Waals surface area contributed by atoms with Crippen LogP contribution in [0.1, 0.15) is 30.6 Å². The SMILES string of the molecule is N#Cc1cc2sc1C#CC#Cc1ccc(s1)-c1ccc(s1)-c1cc(C#N)c(s1)C#CC#Cc1ccc(s1)-c1ccc-2s1. The Morgan fingerprint density at radius 1 is 0.405 bits per heavy atom. The van der Waals surface area contributed by atoms with Crippen molar-refractivity contribution in [3.63, 3.8) is 0 Å². The zero-order valence-corrected chi connectivity index (χ0v) is 26.0. The molecule has 0 N–H and O–H groups in total. The van der Waals surface area contributed by atoms with Gasteiger partial charge in [-0.15, -0.1) is 68.0 Å². The Balaban J connectivity index is 1.31. The molecule has 0 radical (unpaired) electrons. The van der Waals surface area contributed by atoms with Crippen LogP contribution in [0.4, 0.5) is 0 Å². The van der Waals surface area contributed by atoms with Crippen LogP contribution in [0.2, 0.25) is 0 Å². The van der Waals surface area contributed by atoms with Crippen LogP contribution >= 0.6 is 68.0 Å². The average molecular weight is 639 g/mol. The summed E-state index contributed by atoms with van der Waals surface area (Å²) in [6, 6.07) is 24.9. The number of thiophene rings is 6. The molecular formula is C34H10N2S6. The monoisotopic (exact) mass is 638 g/mol. The van der Waals surface area contributed by atoms with Gasteiger partial charge in [0.15, 0.2) is 0 Å². The van der Waals surface area contributed by atoms with Gasteiger partial charge in [-0.2, -0.15) is 10.5 Å². The highest BCUT2D eigenvalue weighted by atomic mass is 32.1. The van der Waals surface area contributed by atoms with Gasteiger partial charge < -0.3 is 0 Å². The molecule has 6 aromatic rings. The minimum Gasteiger partial charge on any atom is -0.192 e. The smallest absolute Gasteiger partial charge is 0.101 e. The Bertz CT molecular complexity index is 2200. The summed E-state index contributed by atoms with van der Waals surface area (Å²) in [6.45, 7) is 0. The molecule has 0 aromatic carbocycles. The lowest BCUT2D eigenvalue weighted by Crippen LogP contribution is -1.71. The number of hydrogen-bond acceptors (Lipinski definition) is 8. The van der Waals surface area contributed by atoms with Gasteiger partial charge in [0, 0.05) is 39.0 Å². The van der Waals surface area contributed by atoms with Crippen molar-refractivity contribution in [3.8, 4) is 98.5 Å². The molecule has 0 saturated heterocycles. The highest BCUT2D eigenvalue weighted by Gasteiger charge is 2.14. The first-order valence-electron chi connectivity index (χ1n) is 12.2. The Hall–Kier alpha value is -4.58. The van der Waals surface area contributed by atoms with Crippen molar-refractivity contribution in [3.05, 3.63) is 91.3 Å². The van der Waals surface area contributed by atoms with Gasteiger partial charge in [-0.3, -0.25) is 0 Å². The molecule has 0 atom stereocenters. The highest BCUT2D eigenvalue weighted by Crippen LogP contribution is 2.42. The Kier molecular flexibility index (Phi) is 7.12. The van der Waals surface area contributed by atoms with Gasteiger partial charge in [-0.05, 0) is 108 Å². The summed E-state index contributed by atoms with van der Waals surface area (Å²) in [6.07, 6.45) is 0. The van der Waals surface area contributed by atoms with Crippen molar-refractivity contribution in [2.75, 3.05) is 0 Å². The van der Waals surface area contributed by atoms with Crippen molar-refractivity contribution in [2.45, 2.75) is 0 Å². The van der Waals surface area contributed by atoms with E-state index in [0.717, 1.165) is 58.5 Å². The normalized spacial score (nSPS) is 10.8. The van der Waals surface area contributed by atoms with E-state index < -0.39 is 0 Å². The van der Waals surface area contributed by atoms with E-state index in [-0.39, 0.29) is 0 Å². The summed E-state index contributed by atoms with van der Waals surface area (Å²) in [5.74, 6) is 24.3. The molecule has 7 rings (SSSR count). The van der Waals surface area contributed by atoms with Crippen LogP contribution < -0.4 is 0 Å². The lowest BCUT2D eigenvalue weighted by Gasteiger charge is -1.90. The molecule has 192 valence electrons. The molecule has 8 heteroatoms. The number of rotatable bonds is 0. The molecule has 42 heavy (non-hydrogen) atoms. The summed E-state index contributed by atoms with van der Waals surface area (Å²) in [5.41, 5.74) is 1.14. The van der Waals surface area contributed by atoms with E-state index in [2.05, 4.69) is 95.9 Å². The number of hydrogen-bond donors (Lipinski definition) is 0. The van der Waals surface area contributed by atoms with Gasteiger partial charge in [-0.25, -0.2) is 0 Å². The quantitative estimate of drug-likeness (QED) is 0.156. The van der Waals surface area contributed by atoms with E-state index in [1.54, 1.807) is 45.3 Å². The molecular weight excluding hydrogens is 629 g/mol. The van der Waals surface area contributed by atoms with Crippen LogP contribution in [-0.2, 0) is 0 Å². The van der Waals surface area contributed by atoms with Gasteiger partial charge >= 0.3 is 0 Å². The molecule has 6 aromatic heterocycles. The summed E-state index contributed by atoms with van der Waals surface area (Å²) in [5, 5.41) is 19.4. The first-order valence-corrected chi connectivity index (χ1v) is 17.1. The van der Waals surface area contributed by atoms with Gasteiger partial charge in [-0.1, -0.05) is 0 Å². The summed E-state index contributed by atoms with van der Waals surface area (Å²) < 4.78 is 0. The molecule has 7 heterocycles. The third-order valence-corrected chi connectivity index (χ3v) is 13.0. The fourth-order valence-corrected chi connectivity index (χ4v) is 10.0. The number of nitrogens with zero attached hydrogens (tertiary/aromatic N) is 2. The zero-order chi connectivity index (χ0) is 28.5. The van der Waals surface area contributed by atoms with E-state index in [0.29, 0.717) is 11.1 Å². The van der Waals surface area contributed by atoms with Gasteiger partial charge in [0.25, 0.3) is 0 Å². The van der Waals surface area contributed by atoms with Crippen molar-refractivity contribution in [1.29, 1.82) is 10.5 Å². The third-order valence-electron chi connectivity index (χ3n) is 5.95. The first kappa shape index (κ1) is 26.3. The topological polar surface area (TPSA) is 47.6 Å². The molecule has 0 fully saturated rings. The largest absolute Gasteiger partial charge is 0.192 e. The predicted octanol–water partition coefficient (Wildman–Crippen LogP) is 9.59. The Morgan fingerprint density at radius 2 is 0.762 bits per heavy atom. The number of nitriles is 2. The van der Waals surface area contributed by atoms with E-state index in [1.807, 2.05) is 24.3 Å². The minimum absolute atomic E-state index is 0.568. The van der Waals surface area contributed by atoms with Crippen molar-refractivity contribution in [1.82, 2.24) is 0 Å². The van der Waals surface area contributed by atoms with E-state index in [9.17, 15) is 10.5 Å². The van der Waals surface area contributed by atoms with Crippen LogP contribution in [0.5, 0.6) is 0 Å². The maximum atomic E-state index is 9.70. The summed E-state index contributed by atoms with van der Waals surface area (Å²) >= 11 is 9.62. The molecule has 12 bridgehead atoms. The lowest BCUT2D eigenvalue weighted by atomic mass is 10.2. The zero-order valence-electron chi connectivity index (χ0n) is 21.1. The minimum atomic E-state index is 0.568. The average Bonchev–Trinajstić information content (AvgIpc) is 3.84. The van der Waals surface area contributed by atoms with Crippen LogP contribution in [0, 0.1) is 70.0 Å². The molecule has 1 aliphatic rings. The van der Waals surface area contributed by atoms with E-state index in [4.69, 9.17) is 0 Å². The van der Waals surface area contributed by atoms with Crippen molar-refractivity contribution in [2.24, 2.45) is 0 Å². The molecule has 2 nitrogen and oxygen atoms in total. The van der Waals surface area contributed by atoms with Crippen LogP contribution in [0.15, 0.2) is 60.7 Å². The van der Waals surface area contributed by atoms with Gasteiger partial charge in [0.2, 0.25) is 0 Å². The summed E-state index contributed by atoms with van der Waals surface area (Å²) in [4.78, 5) is 12.0. The molecule has 0 saturated carbocycles. The maximum Gasteiger partial charge on any atom is 0.101 e. The first-order chi connectivity index (χ1) is 20.7. The molecule has 0 unspecified atom stereocenters. The standard InChI is InChI=1S/C34H10N2S6/c35-19-21-17-33-31-16-14-30(42-31)28-12-10-24(38-28)6-2-4-8-26-22(20-36)18-34(40-26)32-15-13-29(41-32)27-11-9-23(37-27)5-1-3-7-25(21)39-33/h9-18H. The van der Waals surface area contributed by atoms with E-state index >= 15 is 0 Å². The van der Waals surface area contributed by atoms with Gasteiger partial charge in [0.05, 0.1) is 30.6 Å². The Labute approximate surface area is 266 Å². The lowest BCUT2D eigenvalue weighted by molar-refractivity contribution is 1.50. The van der Waals surface area contributed by atoms with E-state index in [1.165, 1.54) is 22.7 Å². The van der Waals surface area contributed by atoms with Gasteiger partial charge in [0.1, 0.15) is 12.1 Å². The fourth-order valence-electron chi connectivity index (χ4n) is 4.02. The van der Waals surface area contributed by atoms with Crippen LogP contribution in [-0.4, -0.2) is 0 Å². The summed E-state index contributed by atoms with van der Waals surface area (Å²) in [7, 11) is 0. The number of fused-ring (bicyclic) bond motifs is 16. The Morgan fingerprint density at radius 3 is 1.19 bits per heavy atom. The molecule has 0 aliphatic carbocycles. The van der Waals surface area contributed by atoms with Crippen molar-refractivity contribution >= 4 is 68.0 Å². The maximum absolute atomic E-state index is 9.70.